The molecule has 2 atom stereocenters. The molecule has 0 radical (unpaired) electrons. The molecule has 1 aromatic heterocycles. The highest BCUT2D eigenvalue weighted by atomic mass is 16.7. The third-order valence-electron chi connectivity index (χ3n) is 4.04. The van der Waals surface area contributed by atoms with E-state index in [1.54, 1.807) is 24.5 Å². The van der Waals surface area contributed by atoms with E-state index in [2.05, 4.69) is 10.3 Å². The van der Waals surface area contributed by atoms with Gasteiger partial charge in [-0.05, 0) is 35.3 Å². The Bertz CT molecular complexity index is 759. The van der Waals surface area contributed by atoms with Gasteiger partial charge in [0.1, 0.15) is 0 Å². The zero-order valence-electron chi connectivity index (χ0n) is 14.6. The van der Waals surface area contributed by atoms with Crippen LogP contribution in [0, 0.1) is 5.92 Å². The summed E-state index contributed by atoms with van der Waals surface area (Å²) in [5.41, 5.74) is 2.45. The fraction of sp³-hybridized carbons (Fsp3) is 0.300. The van der Waals surface area contributed by atoms with Gasteiger partial charge in [0.05, 0.1) is 25.1 Å². The number of hydrogen-bond acceptors (Lipinski definition) is 5. The maximum absolute atomic E-state index is 12.4. The zero-order valence-corrected chi connectivity index (χ0v) is 14.6. The second kappa shape index (κ2) is 8.60. The number of aromatic nitrogens is 1. The number of pyridine rings is 1. The van der Waals surface area contributed by atoms with Crippen molar-refractivity contribution in [2.24, 2.45) is 5.92 Å². The summed E-state index contributed by atoms with van der Waals surface area (Å²) >= 11 is 0. The van der Waals surface area contributed by atoms with Crippen molar-refractivity contribution in [1.82, 2.24) is 4.98 Å². The summed E-state index contributed by atoms with van der Waals surface area (Å²) in [6, 6.07) is 11.0. The fourth-order valence-electron chi connectivity index (χ4n) is 2.65. The van der Waals surface area contributed by atoms with Gasteiger partial charge in [-0.15, -0.1) is 0 Å². The van der Waals surface area contributed by atoms with Crippen LogP contribution < -0.4 is 5.32 Å². The first-order valence-electron chi connectivity index (χ1n) is 8.54. The number of anilines is 1. The van der Waals surface area contributed by atoms with Crippen molar-refractivity contribution in [3.8, 4) is 0 Å². The van der Waals surface area contributed by atoms with E-state index in [-0.39, 0.29) is 24.2 Å². The topological polar surface area (TPSA) is 80.7 Å². The number of carbonyl (C=O) groups excluding carboxylic acids is 1. The highest BCUT2D eigenvalue weighted by molar-refractivity contribution is 6.02. The lowest BCUT2D eigenvalue weighted by Gasteiger charge is -2.27. The van der Waals surface area contributed by atoms with Crippen molar-refractivity contribution in [2.75, 3.05) is 5.32 Å². The van der Waals surface area contributed by atoms with Gasteiger partial charge in [0.15, 0.2) is 5.76 Å². The SMILES string of the molecule is C[C@@H]1C=C(C(=O)Nc2cccnc2)O[C@H](OCc2ccc(CO)cc2)C1. The summed E-state index contributed by atoms with van der Waals surface area (Å²) in [7, 11) is 0. The number of hydrogen-bond donors (Lipinski definition) is 2. The number of nitrogens with one attached hydrogen (secondary N) is 1. The van der Waals surface area contributed by atoms with Gasteiger partial charge in [0, 0.05) is 12.6 Å². The van der Waals surface area contributed by atoms with E-state index in [9.17, 15) is 4.79 Å². The molecule has 0 aliphatic carbocycles. The largest absolute Gasteiger partial charge is 0.459 e. The van der Waals surface area contributed by atoms with E-state index in [0.29, 0.717) is 18.7 Å². The van der Waals surface area contributed by atoms with E-state index in [4.69, 9.17) is 14.6 Å². The van der Waals surface area contributed by atoms with Gasteiger partial charge in [-0.2, -0.15) is 0 Å². The number of aliphatic hydroxyl groups excluding tert-OH is 1. The molecule has 0 unspecified atom stereocenters. The Labute approximate surface area is 152 Å². The number of carbonyl (C=O) groups is 1. The predicted octanol–water partition coefficient (Wildman–Crippen LogP) is 3.00. The molecule has 0 bridgehead atoms. The van der Waals surface area contributed by atoms with Crippen LogP contribution in [0.3, 0.4) is 0 Å². The minimum atomic E-state index is -0.484. The lowest BCUT2D eigenvalue weighted by molar-refractivity contribution is -0.150. The molecule has 6 heteroatoms. The molecule has 26 heavy (non-hydrogen) atoms. The van der Waals surface area contributed by atoms with Crippen LogP contribution in [-0.4, -0.2) is 22.3 Å². The molecule has 0 saturated heterocycles. The number of ether oxygens (including phenoxy) is 2. The predicted molar refractivity (Wildman–Crippen MR) is 96.8 cm³/mol. The quantitative estimate of drug-likeness (QED) is 0.833. The van der Waals surface area contributed by atoms with Crippen LogP contribution in [0.15, 0.2) is 60.6 Å². The molecule has 1 aliphatic heterocycles. The summed E-state index contributed by atoms with van der Waals surface area (Å²) in [4.78, 5) is 16.4. The normalized spacial score (nSPS) is 19.4. The Morgan fingerprint density at radius 1 is 1.31 bits per heavy atom. The van der Waals surface area contributed by atoms with E-state index < -0.39 is 6.29 Å². The minimum Gasteiger partial charge on any atom is -0.459 e. The number of allylic oxidation sites excluding steroid dienone is 1. The maximum atomic E-state index is 12.4. The number of amides is 1. The van der Waals surface area contributed by atoms with E-state index in [1.807, 2.05) is 37.3 Å². The molecule has 6 nitrogen and oxygen atoms in total. The lowest BCUT2D eigenvalue weighted by atomic mass is 10.0. The van der Waals surface area contributed by atoms with Crippen LogP contribution >= 0.6 is 0 Å². The van der Waals surface area contributed by atoms with Crippen molar-refractivity contribution in [1.29, 1.82) is 0 Å². The fourth-order valence-corrected chi connectivity index (χ4v) is 2.65. The van der Waals surface area contributed by atoms with Gasteiger partial charge in [-0.1, -0.05) is 31.2 Å². The van der Waals surface area contributed by atoms with Crippen molar-refractivity contribution in [3.05, 3.63) is 71.8 Å². The third-order valence-corrected chi connectivity index (χ3v) is 4.04. The number of nitrogens with zero attached hydrogens (tertiary/aromatic N) is 1. The first-order chi connectivity index (χ1) is 12.6. The molecule has 3 rings (SSSR count). The van der Waals surface area contributed by atoms with Crippen LogP contribution in [0.5, 0.6) is 0 Å². The van der Waals surface area contributed by atoms with Gasteiger partial charge >= 0.3 is 0 Å². The van der Waals surface area contributed by atoms with Crippen molar-refractivity contribution in [3.63, 3.8) is 0 Å². The maximum Gasteiger partial charge on any atom is 0.290 e. The molecule has 1 amide bonds. The first kappa shape index (κ1) is 18.1. The van der Waals surface area contributed by atoms with Crippen molar-refractivity contribution >= 4 is 11.6 Å². The molecule has 136 valence electrons. The van der Waals surface area contributed by atoms with Gasteiger partial charge in [-0.3, -0.25) is 9.78 Å². The molecule has 0 saturated carbocycles. The summed E-state index contributed by atoms with van der Waals surface area (Å²) in [5, 5.41) is 11.8. The second-order valence-electron chi connectivity index (χ2n) is 6.27. The molecular weight excluding hydrogens is 332 g/mol. The van der Waals surface area contributed by atoms with Crippen LogP contribution in [0.25, 0.3) is 0 Å². The van der Waals surface area contributed by atoms with Gasteiger partial charge < -0.3 is 19.9 Å². The van der Waals surface area contributed by atoms with Crippen LogP contribution in [-0.2, 0) is 27.5 Å². The summed E-state index contributed by atoms with van der Waals surface area (Å²) in [6.07, 6.45) is 5.22. The third kappa shape index (κ3) is 4.91. The summed E-state index contributed by atoms with van der Waals surface area (Å²) in [5.74, 6) is 0.110. The molecule has 2 aromatic rings. The molecule has 1 aliphatic rings. The average molecular weight is 354 g/mol. The first-order valence-corrected chi connectivity index (χ1v) is 8.54. The second-order valence-corrected chi connectivity index (χ2v) is 6.27. The lowest BCUT2D eigenvalue weighted by Crippen LogP contribution is -2.29. The Morgan fingerprint density at radius 2 is 2.08 bits per heavy atom. The van der Waals surface area contributed by atoms with Crippen molar-refractivity contribution < 1.29 is 19.4 Å². The summed E-state index contributed by atoms with van der Waals surface area (Å²) < 4.78 is 11.5. The standard InChI is InChI=1S/C20H22N2O4/c1-14-9-18(20(24)22-17-3-2-8-21-11-17)26-19(10-14)25-13-16-6-4-15(12-23)5-7-16/h2-9,11,14,19,23H,10,12-13H2,1H3,(H,22,24)/t14-,19+/m1/s1. The van der Waals surface area contributed by atoms with Crippen LogP contribution in [0.4, 0.5) is 5.69 Å². The smallest absolute Gasteiger partial charge is 0.290 e. The van der Waals surface area contributed by atoms with E-state index >= 15 is 0 Å². The van der Waals surface area contributed by atoms with Crippen LogP contribution in [0.2, 0.25) is 0 Å². The Morgan fingerprint density at radius 3 is 2.77 bits per heavy atom. The molecule has 1 aromatic carbocycles. The van der Waals surface area contributed by atoms with Crippen molar-refractivity contribution in [2.45, 2.75) is 32.8 Å². The number of aliphatic hydroxyl groups is 1. The molecule has 2 heterocycles. The van der Waals surface area contributed by atoms with Gasteiger partial charge in [0.2, 0.25) is 6.29 Å². The van der Waals surface area contributed by atoms with Crippen LogP contribution in [0.1, 0.15) is 24.5 Å². The van der Waals surface area contributed by atoms with Gasteiger partial charge in [-0.25, -0.2) is 0 Å². The minimum absolute atomic E-state index is 0.0184. The molecule has 2 N–H and O–H groups in total. The molecule has 0 fully saturated rings. The Balaban J connectivity index is 1.57. The highest BCUT2D eigenvalue weighted by Gasteiger charge is 2.25. The molecule has 0 spiro atoms. The summed E-state index contributed by atoms with van der Waals surface area (Å²) in [6.45, 7) is 2.41. The van der Waals surface area contributed by atoms with E-state index in [1.165, 1.54) is 0 Å². The monoisotopic (exact) mass is 354 g/mol. The van der Waals surface area contributed by atoms with Gasteiger partial charge in [0.25, 0.3) is 5.91 Å². The zero-order chi connectivity index (χ0) is 18.4. The number of benzene rings is 1. The Kier molecular flexibility index (Phi) is 5.99. The average Bonchev–Trinajstić information content (AvgIpc) is 2.67. The Hall–Kier alpha value is -2.70. The highest BCUT2D eigenvalue weighted by Crippen LogP contribution is 2.24. The van der Waals surface area contributed by atoms with E-state index in [0.717, 1.165) is 11.1 Å². The number of rotatable bonds is 6. The molecular formula is C20H22N2O4.